The standard InChI is InChI=1S/C17H31NS/c1-7-15-8-9-16(19-15)11-14(18-6)10-13(2)12-17(3,4)5/h8-9,13-14,18H,7,10-12H2,1-6H3. The molecule has 0 amide bonds. The summed E-state index contributed by atoms with van der Waals surface area (Å²) < 4.78 is 0. The van der Waals surface area contributed by atoms with Crippen molar-refractivity contribution in [3.05, 3.63) is 21.9 Å². The summed E-state index contributed by atoms with van der Waals surface area (Å²) >= 11 is 1.98. The van der Waals surface area contributed by atoms with Gasteiger partial charge >= 0.3 is 0 Å². The summed E-state index contributed by atoms with van der Waals surface area (Å²) in [7, 11) is 2.10. The van der Waals surface area contributed by atoms with E-state index in [0.29, 0.717) is 11.5 Å². The quantitative estimate of drug-likeness (QED) is 0.749. The molecule has 1 N–H and O–H groups in total. The number of hydrogen-bond donors (Lipinski definition) is 1. The number of rotatable bonds is 7. The molecular formula is C17H31NS. The van der Waals surface area contributed by atoms with Gasteiger partial charge in [-0.1, -0.05) is 34.6 Å². The van der Waals surface area contributed by atoms with Gasteiger partial charge in [0.1, 0.15) is 0 Å². The van der Waals surface area contributed by atoms with Crippen LogP contribution < -0.4 is 5.32 Å². The minimum atomic E-state index is 0.440. The highest BCUT2D eigenvalue weighted by atomic mass is 32.1. The Kier molecular flexibility index (Phi) is 6.55. The molecule has 1 nitrogen and oxygen atoms in total. The Morgan fingerprint density at radius 1 is 1.21 bits per heavy atom. The Balaban J connectivity index is 2.49. The summed E-state index contributed by atoms with van der Waals surface area (Å²) in [4.78, 5) is 3.03. The topological polar surface area (TPSA) is 12.0 Å². The molecule has 2 heteroatoms. The average Bonchev–Trinajstić information content (AvgIpc) is 2.73. The lowest BCUT2D eigenvalue weighted by molar-refractivity contribution is 0.277. The van der Waals surface area contributed by atoms with E-state index < -0.39 is 0 Å². The van der Waals surface area contributed by atoms with Crippen LogP contribution in [0.15, 0.2) is 12.1 Å². The zero-order chi connectivity index (χ0) is 14.5. The predicted octanol–water partition coefficient (Wildman–Crippen LogP) is 4.90. The smallest absolute Gasteiger partial charge is 0.0115 e. The first-order valence-corrected chi connectivity index (χ1v) is 8.40. The number of aryl methyl sites for hydroxylation is 1. The molecule has 0 aliphatic carbocycles. The lowest BCUT2D eigenvalue weighted by atomic mass is 9.82. The maximum absolute atomic E-state index is 3.50. The molecule has 0 aliphatic heterocycles. The van der Waals surface area contributed by atoms with E-state index >= 15 is 0 Å². The van der Waals surface area contributed by atoms with Crippen molar-refractivity contribution in [3.63, 3.8) is 0 Å². The van der Waals surface area contributed by atoms with E-state index in [-0.39, 0.29) is 0 Å². The monoisotopic (exact) mass is 281 g/mol. The average molecular weight is 282 g/mol. The Labute approximate surface area is 123 Å². The second-order valence-electron chi connectivity index (χ2n) is 7.02. The molecular weight excluding hydrogens is 250 g/mol. The van der Waals surface area contributed by atoms with Gasteiger partial charge in [0, 0.05) is 15.8 Å². The molecule has 1 heterocycles. The lowest BCUT2D eigenvalue weighted by Crippen LogP contribution is -2.30. The second kappa shape index (κ2) is 7.44. The molecule has 2 unspecified atom stereocenters. The van der Waals surface area contributed by atoms with E-state index in [2.05, 4.69) is 59.1 Å². The number of thiophene rings is 1. The zero-order valence-corrected chi connectivity index (χ0v) is 14.4. The first-order valence-electron chi connectivity index (χ1n) is 7.59. The Morgan fingerprint density at radius 2 is 1.84 bits per heavy atom. The van der Waals surface area contributed by atoms with Gasteiger partial charge in [0.15, 0.2) is 0 Å². The molecule has 0 bridgehead atoms. The third kappa shape index (κ3) is 6.58. The van der Waals surface area contributed by atoms with Gasteiger partial charge in [0.2, 0.25) is 0 Å². The van der Waals surface area contributed by atoms with Crippen molar-refractivity contribution in [3.8, 4) is 0 Å². The van der Waals surface area contributed by atoms with Crippen molar-refractivity contribution in [2.75, 3.05) is 7.05 Å². The van der Waals surface area contributed by atoms with E-state index in [1.54, 1.807) is 0 Å². The lowest BCUT2D eigenvalue weighted by Gasteiger charge is -2.26. The normalized spacial score (nSPS) is 15.5. The summed E-state index contributed by atoms with van der Waals surface area (Å²) in [6, 6.07) is 5.20. The van der Waals surface area contributed by atoms with Crippen molar-refractivity contribution in [2.45, 2.75) is 66.3 Å². The largest absolute Gasteiger partial charge is 0.317 e. The van der Waals surface area contributed by atoms with Gasteiger partial charge < -0.3 is 5.32 Å². The highest BCUT2D eigenvalue weighted by Gasteiger charge is 2.19. The molecule has 1 rings (SSSR count). The van der Waals surface area contributed by atoms with Crippen molar-refractivity contribution in [2.24, 2.45) is 11.3 Å². The predicted molar refractivity (Wildman–Crippen MR) is 88.1 cm³/mol. The fourth-order valence-corrected chi connectivity index (χ4v) is 3.92. The Hall–Kier alpha value is -0.340. The van der Waals surface area contributed by atoms with Crippen LogP contribution in [0.25, 0.3) is 0 Å². The molecule has 19 heavy (non-hydrogen) atoms. The fourth-order valence-electron chi connectivity index (χ4n) is 2.88. The van der Waals surface area contributed by atoms with Crippen molar-refractivity contribution >= 4 is 11.3 Å². The van der Waals surface area contributed by atoms with Gasteiger partial charge in [-0.3, -0.25) is 0 Å². The summed E-state index contributed by atoms with van der Waals surface area (Å²) in [6.07, 6.45) is 4.91. The van der Waals surface area contributed by atoms with Gasteiger partial charge in [0.25, 0.3) is 0 Å². The molecule has 110 valence electrons. The van der Waals surface area contributed by atoms with Gasteiger partial charge in [-0.2, -0.15) is 0 Å². The fraction of sp³-hybridized carbons (Fsp3) is 0.765. The van der Waals surface area contributed by atoms with Crippen LogP contribution in [-0.2, 0) is 12.8 Å². The molecule has 0 radical (unpaired) electrons. The molecule has 1 aromatic rings. The van der Waals surface area contributed by atoms with E-state index in [0.717, 1.165) is 12.3 Å². The highest BCUT2D eigenvalue weighted by molar-refractivity contribution is 7.11. The Bertz CT molecular complexity index is 362. The molecule has 0 spiro atoms. The van der Waals surface area contributed by atoms with Crippen LogP contribution in [0.4, 0.5) is 0 Å². The third-order valence-corrected chi connectivity index (χ3v) is 4.82. The molecule has 0 saturated carbocycles. The first-order chi connectivity index (χ1) is 8.84. The molecule has 0 fully saturated rings. The van der Waals surface area contributed by atoms with Crippen molar-refractivity contribution in [1.29, 1.82) is 0 Å². The van der Waals surface area contributed by atoms with Crippen LogP contribution in [0.5, 0.6) is 0 Å². The summed E-state index contributed by atoms with van der Waals surface area (Å²) in [5.41, 5.74) is 0.440. The van der Waals surface area contributed by atoms with Crippen LogP contribution >= 0.6 is 11.3 Å². The minimum Gasteiger partial charge on any atom is -0.317 e. The van der Waals surface area contributed by atoms with Gasteiger partial charge in [-0.05, 0) is 56.2 Å². The van der Waals surface area contributed by atoms with Gasteiger partial charge in [-0.25, -0.2) is 0 Å². The van der Waals surface area contributed by atoms with Crippen LogP contribution in [0, 0.1) is 11.3 Å². The summed E-state index contributed by atoms with van der Waals surface area (Å²) in [5.74, 6) is 0.781. The van der Waals surface area contributed by atoms with Gasteiger partial charge in [0.05, 0.1) is 0 Å². The van der Waals surface area contributed by atoms with E-state index in [1.807, 2.05) is 11.3 Å². The molecule has 0 aliphatic rings. The third-order valence-electron chi connectivity index (χ3n) is 3.57. The first kappa shape index (κ1) is 16.7. The van der Waals surface area contributed by atoms with E-state index in [1.165, 1.54) is 29.0 Å². The number of likely N-dealkylation sites (N-methyl/N-ethyl adjacent to an activating group) is 1. The second-order valence-corrected chi connectivity index (χ2v) is 8.27. The maximum atomic E-state index is 3.50. The maximum Gasteiger partial charge on any atom is 0.0115 e. The summed E-state index contributed by atoms with van der Waals surface area (Å²) in [5, 5.41) is 3.50. The highest BCUT2D eigenvalue weighted by Crippen LogP contribution is 2.28. The molecule has 2 atom stereocenters. The van der Waals surface area contributed by atoms with Crippen molar-refractivity contribution < 1.29 is 0 Å². The van der Waals surface area contributed by atoms with Crippen LogP contribution in [0.3, 0.4) is 0 Å². The SMILES string of the molecule is CCc1ccc(CC(CC(C)CC(C)(C)C)NC)s1. The summed E-state index contributed by atoms with van der Waals surface area (Å²) in [6.45, 7) is 11.6. The van der Waals surface area contributed by atoms with Crippen LogP contribution in [-0.4, -0.2) is 13.1 Å². The van der Waals surface area contributed by atoms with Crippen molar-refractivity contribution in [1.82, 2.24) is 5.32 Å². The molecule has 1 aromatic heterocycles. The van der Waals surface area contributed by atoms with Gasteiger partial charge in [-0.15, -0.1) is 11.3 Å². The number of hydrogen-bond acceptors (Lipinski definition) is 2. The van der Waals surface area contributed by atoms with E-state index in [9.17, 15) is 0 Å². The zero-order valence-electron chi connectivity index (χ0n) is 13.5. The van der Waals surface area contributed by atoms with Crippen LogP contribution in [0.2, 0.25) is 0 Å². The van der Waals surface area contributed by atoms with E-state index in [4.69, 9.17) is 0 Å². The number of nitrogens with one attached hydrogen (secondary N) is 1. The van der Waals surface area contributed by atoms with Crippen LogP contribution in [0.1, 0.15) is 57.2 Å². The minimum absolute atomic E-state index is 0.440. The molecule has 0 aromatic carbocycles. The molecule has 0 saturated heterocycles. The Morgan fingerprint density at radius 3 is 2.32 bits per heavy atom.